The molecule has 5 nitrogen and oxygen atoms in total. The standard InChI is InChI=1S/C10H19N3O2/c1-9(2,10(3,4)11)8-12-7(5-6-14)13-15-8/h14H,5-6,11H2,1-4H3. The van der Waals surface area contributed by atoms with Gasteiger partial charge in [0.05, 0.1) is 12.0 Å². The normalized spacial score (nSPS) is 13.2. The first-order valence-corrected chi connectivity index (χ1v) is 5.02. The molecule has 0 amide bonds. The Balaban J connectivity index is 2.95. The van der Waals surface area contributed by atoms with Crippen LogP contribution in [0.3, 0.4) is 0 Å². The zero-order valence-corrected chi connectivity index (χ0v) is 9.74. The number of aliphatic hydroxyl groups excluding tert-OH is 1. The summed E-state index contributed by atoms with van der Waals surface area (Å²) in [6.07, 6.45) is 0.407. The minimum absolute atomic E-state index is 0.0193. The molecule has 0 unspecified atom stereocenters. The number of nitrogens with zero attached hydrogens (tertiary/aromatic N) is 2. The summed E-state index contributed by atoms with van der Waals surface area (Å²) >= 11 is 0. The van der Waals surface area contributed by atoms with Crippen molar-refractivity contribution in [2.75, 3.05) is 6.61 Å². The molecule has 0 saturated carbocycles. The number of hydrogen-bond donors (Lipinski definition) is 2. The molecule has 1 rings (SSSR count). The van der Waals surface area contributed by atoms with Gasteiger partial charge in [0.15, 0.2) is 5.82 Å². The van der Waals surface area contributed by atoms with Gasteiger partial charge >= 0.3 is 0 Å². The first-order valence-electron chi connectivity index (χ1n) is 5.02. The van der Waals surface area contributed by atoms with Crippen LogP contribution in [0.5, 0.6) is 0 Å². The molecule has 0 aromatic carbocycles. The highest BCUT2D eigenvalue weighted by atomic mass is 16.5. The molecule has 0 fully saturated rings. The molecule has 0 bridgehead atoms. The zero-order chi connectivity index (χ0) is 11.7. The summed E-state index contributed by atoms with van der Waals surface area (Å²) in [6.45, 7) is 7.78. The molecule has 86 valence electrons. The summed E-state index contributed by atoms with van der Waals surface area (Å²) in [5, 5.41) is 12.5. The van der Waals surface area contributed by atoms with Crippen LogP contribution in [0.2, 0.25) is 0 Å². The number of nitrogens with two attached hydrogens (primary N) is 1. The molecule has 5 heteroatoms. The van der Waals surface area contributed by atoms with E-state index in [0.717, 1.165) is 0 Å². The average Bonchev–Trinajstić information content (AvgIpc) is 2.51. The molecule has 0 saturated heterocycles. The van der Waals surface area contributed by atoms with E-state index in [1.165, 1.54) is 0 Å². The predicted molar refractivity (Wildman–Crippen MR) is 56.4 cm³/mol. The monoisotopic (exact) mass is 213 g/mol. The molecule has 1 heterocycles. The number of hydrogen-bond acceptors (Lipinski definition) is 5. The van der Waals surface area contributed by atoms with Crippen molar-refractivity contribution in [2.45, 2.75) is 45.1 Å². The Morgan fingerprint density at radius 1 is 1.33 bits per heavy atom. The van der Waals surface area contributed by atoms with E-state index in [4.69, 9.17) is 15.4 Å². The quantitative estimate of drug-likeness (QED) is 0.765. The van der Waals surface area contributed by atoms with E-state index in [1.807, 2.05) is 27.7 Å². The fourth-order valence-electron chi connectivity index (χ4n) is 0.985. The van der Waals surface area contributed by atoms with Gasteiger partial charge < -0.3 is 15.4 Å². The summed E-state index contributed by atoms with van der Waals surface area (Å²) < 4.78 is 5.16. The molecule has 0 spiro atoms. The van der Waals surface area contributed by atoms with E-state index >= 15 is 0 Å². The third-order valence-corrected chi connectivity index (χ3v) is 2.95. The highest BCUT2D eigenvalue weighted by Crippen LogP contribution is 2.31. The Morgan fingerprint density at radius 2 is 1.93 bits per heavy atom. The number of aliphatic hydroxyl groups is 1. The molecule has 3 N–H and O–H groups in total. The Hall–Kier alpha value is -0.940. The highest BCUT2D eigenvalue weighted by molar-refractivity contribution is 5.10. The molecule has 15 heavy (non-hydrogen) atoms. The lowest BCUT2D eigenvalue weighted by Crippen LogP contribution is -2.50. The second kappa shape index (κ2) is 3.90. The third kappa shape index (κ3) is 2.35. The smallest absolute Gasteiger partial charge is 0.234 e. The van der Waals surface area contributed by atoms with Crippen LogP contribution < -0.4 is 5.73 Å². The maximum atomic E-state index is 8.75. The van der Waals surface area contributed by atoms with Gasteiger partial charge in [0.25, 0.3) is 0 Å². The summed E-state index contributed by atoms with van der Waals surface area (Å²) in [6, 6.07) is 0. The topological polar surface area (TPSA) is 85.2 Å². The number of aromatic nitrogens is 2. The van der Waals surface area contributed by atoms with Gasteiger partial charge in [-0.25, -0.2) is 0 Å². The predicted octanol–water partition coefficient (Wildman–Crippen LogP) is 0.619. The van der Waals surface area contributed by atoms with Gasteiger partial charge in [-0.3, -0.25) is 0 Å². The van der Waals surface area contributed by atoms with Crippen LogP contribution in [0.25, 0.3) is 0 Å². The lowest BCUT2D eigenvalue weighted by molar-refractivity contribution is 0.222. The van der Waals surface area contributed by atoms with E-state index in [2.05, 4.69) is 10.1 Å². The van der Waals surface area contributed by atoms with Crippen molar-refractivity contribution in [3.8, 4) is 0 Å². The molecule has 1 aromatic rings. The Morgan fingerprint density at radius 3 is 2.40 bits per heavy atom. The molecule has 0 radical (unpaired) electrons. The van der Waals surface area contributed by atoms with Crippen molar-refractivity contribution in [2.24, 2.45) is 5.73 Å². The maximum Gasteiger partial charge on any atom is 0.234 e. The Labute approximate surface area is 89.7 Å². The number of rotatable bonds is 4. The maximum absolute atomic E-state index is 8.75. The van der Waals surface area contributed by atoms with E-state index in [-0.39, 0.29) is 6.61 Å². The van der Waals surface area contributed by atoms with Gasteiger partial charge in [0, 0.05) is 12.0 Å². The van der Waals surface area contributed by atoms with Gasteiger partial charge in [-0.2, -0.15) is 4.98 Å². The van der Waals surface area contributed by atoms with Crippen LogP contribution in [-0.4, -0.2) is 27.4 Å². The van der Waals surface area contributed by atoms with E-state index in [0.29, 0.717) is 18.1 Å². The fourth-order valence-corrected chi connectivity index (χ4v) is 0.985. The average molecular weight is 213 g/mol. The van der Waals surface area contributed by atoms with Crippen molar-refractivity contribution in [3.05, 3.63) is 11.7 Å². The minimum atomic E-state index is -0.448. The molecule has 0 aliphatic heterocycles. The van der Waals surface area contributed by atoms with Crippen molar-refractivity contribution in [1.82, 2.24) is 10.1 Å². The molecular weight excluding hydrogens is 194 g/mol. The molecule has 1 aromatic heterocycles. The van der Waals surface area contributed by atoms with Gasteiger partial charge in [-0.15, -0.1) is 0 Å². The Bertz CT molecular complexity index is 326. The zero-order valence-electron chi connectivity index (χ0n) is 9.74. The van der Waals surface area contributed by atoms with Crippen LogP contribution in [-0.2, 0) is 11.8 Å². The van der Waals surface area contributed by atoms with Crippen molar-refractivity contribution < 1.29 is 9.63 Å². The summed E-state index contributed by atoms with van der Waals surface area (Å²) in [5.74, 6) is 1.03. The third-order valence-electron chi connectivity index (χ3n) is 2.95. The first-order chi connectivity index (χ1) is 6.79. The van der Waals surface area contributed by atoms with Crippen LogP contribution in [0.1, 0.15) is 39.4 Å². The van der Waals surface area contributed by atoms with Crippen LogP contribution in [0.15, 0.2) is 4.52 Å². The van der Waals surface area contributed by atoms with Gasteiger partial charge in [0.2, 0.25) is 5.89 Å². The largest absolute Gasteiger partial charge is 0.396 e. The van der Waals surface area contributed by atoms with E-state index in [1.54, 1.807) is 0 Å². The molecule has 0 atom stereocenters. The second-order valence-electron chi connectivity index (χ2n) is 4.84. The van der Waals surface area contributed by atoms with Gasteiger partial charge in [-0.1, -0.05) is 5.16 Å². The molecule has 0 aliphatic rings. The summed E-state index contributed by atoms with van der Waals surface area (Å²) in [5.41, 5.74) is 5.21. The van der Waals surface area contributed by atoms with Crippen molar-refractivity contribution in [1.29, 1.82) is 0 Å². The molecule has 0 aliphatic carbocycles. The van der Waals surface area contributed by atoms with Crippen LogP contribution in [0.4, 0.5) is 0 Å². The van der Waals surface area contributed by atoms with Crippen molar-refractivity contribution >= 4 is 0 Å². The van der Waals surface area contributed by atoms with Crippen LogP contribution >= 0.6 is 0 Å². The second-order valence-corrected chi connectivity index (χ2v) is 4.84. The fraction of sp³-hybridized carbons (Fsp3) is 0.800. The van der Waals surface area contributed by atoms with Crippen molar-refractivity contribution in [3.63, 3.8) is 0 Å². The summed E-state index contributed by atoms with van der Waals surface area (Å²) in [4.78, 5) is 4.22. The molecular formula is C10H19N3O2. The highest BCUT2D eigenvalue weighted by Gasteiger charge is 2.40. The summed E-state index contributed by atoms with van der Waals surface area (Å²) in [7, 11) is 0. The first kappa shape index (κ1) is 12.1. The van der Waals surface area contributed by atoms with Gasteiger partial charge in [0.1, 0.15) is 0 Å². The van der Waals surface area contributed by atoms with E-state index < -0.39 is 11.0 Å². The van der Waals surface area contributed by atoms with Crippen LogP contribution in [0, 0.1) is 0 Å². The lowest BCUT2D eigenvalue weighted by Gasteiger charge is -2.34. The van der Waals surface area contributed by atoms with E-state index in [9.17, 15) is 0 Å². The minimum Gasteiger partial charge on any atom is -0.396 e. The SMILES string of the molecule is CC(C)(N)C(C)(C)c1nc(CCO)no1. The Kier molecular flexibility index (Phi) is 3.16. The van der Waals surface area contributed by atoms with Gasteiger partial charge in [-0.05, 0) is 27.7 Å². The lowest BCUT2D eigenvalue weighted by atomic mass is 9.75.